The number of unbranched alkanes of at least 4 members (excludes halogenated alkanes) is 1. The van der Waals surface area contributed by atoms with E-state index in [4.69, 9.17) is 17.3 Å². The molecule has 1 heterocycles. The van der Waals surface area contributed by atoms with Crippen LogP contribution in [-0.2, 0) is 0 Å². The summed E-state index contributed by atoms with van der Waals surface area (Å²) in [5, 5.41) is 3.21. The Morgan fingerprint density at radius 2 is 2.16 bits per heavy atom. The Morgan fingerprint density at radius 1 is 1.42 bits per heavy atom. The molecule has 0 aliphatic heterocycles. The first-order chi connectivity index (χ1) is 9.08. The van der Waals surface area contributed by atoms with Gasteiger partial charge >= 0.3 is 0 Å². The fourth-order valence-electron chi connectivity index (χ4n) is 1.97. The second kappa shape index (κ2) is 8.00. The molecule has 5 heteroatoms. The number of hydrogen-bond acceptors (Lipinski definition) is 3. The Kier molecular flexibility index (Phi) is 6.64. The lowest BCUT2D eigenvalue weighted by Gasteiger charge is -2.18. The number of pyridine rings is 1. The van der Waals surface area contributed by atoms with E-state index in [0.29, 0.717) is 11.3 Å². The van der Waals surface area contributed by atoms with E-state index in [9.17, 15) is 4.79 Å². The topological polar surface area (TPSA) is 68.0 Å². The molecule has 0 fully saturated rings. The van der Waals surface area contributed by atoms with E-state index in [1.165, 1.54) is 6.20 Å². The molecular formula is C14H22ClN3O. The maximum atomic E-state index is 12.2. The monoisotopic (exact) mass is 283 g/mol. The van der Waals surface area contributed by atoms with Crippen molar-refractivity contribution >= 4 is 23.2 Å². The molecule has 0 saturated heterocycles. The number of carbonyl (C=O) groups excluding carboxylic acids is 1. The van der Waals surface area contributed by atoms with Gasteiger partial charge in [0, 0.05) is 6.04 Å². The van der Waals surface area contributed by atoms with Crippen LogP contribution in [-0.4, -0.2) is 16.9 Å². The normalized spacial score (nSPS) is 12.2. The molecule has 0 aliphatic carbocycles. The van der Waals surface area contributed by atoms with Crippen molar-refractivity contribution in [3.05, 3.63) is 23.0 Å². The maximum absolute atomic E-state index is 12.2. The Hall–Kier alpha value is -1.29. The average molecular weight is 284 g/mol. The van der Waals surface area contributed by atoms with Gasteiger partial charge in [-0.3, -0.25) is 4.79 Å². The first-order valence-electron chi connectivity index (χ1n) is 6.80. The Bertz CT molecular complexity index is 423. The minimum atomic E-state index is -0.195. The van der Waals surface area contributed by atoms with Crippen molar-refractivity contribution in [1.82, 2.24) is 10.3 Å². The number of nitrogen functional groups attached to an aromatic ring is 1. The van der Waals surface area contributed by atoms with Crippen molar-refractivity contribution < 1.29 is 4.79 Å². The average Bonchev–Trinajstić information content (AvgIpc) is 2.39. The van der Waals surface area contributed by atoms with Crippen LogP contribution in [0.1, 0.15) is 56.3 Å². The van der Waals surface area contributed by atoms with Gasteiger partial charge in [-0.25, -0.2) is 4.98 Å². The second-order valence-electron chi connectivity index (χ2n) is 4.71. The first kappa shape index (κ1) is 15.8. The Morgan fingerprint density at radius 3 is 2.79 bits per heavy atom. The van der Waals surface area contributed by atoms with Crippen molar-refractivity contribution in [3.63, 3.8) is 0 Å². The summed E-state index contributed by atoms with van der Waals surface area (Å²) in [6.07, 6.45) is 6.67. The third-order valence-electron chi connectivity index (χ3n) is 2.98. The van der Waals surface area contributed by atoms with E-state index in [1.807, 2.05) is 0 Å². The van der Waals surface area contributed by atoms with Crippen LogP contribution in [0.5, 0.6) is 0 Å². The number of hydrogen-bond donors (Lipinski definition) is 2. The van der Waals surface area contributed by atoms with Crippen molar-refractivity contribution in [2.45, 2.75) is 52.0 Å². The molecule has 106 valence electrons. The molecule has 0 spiro atoms. The van der Waals surface area contributed by atoms with Gasteiger partial charge < -0.3 is 11.1 Å². The predicted octanol–water partition coefficient (Wildman–Crippen LogP) is 3.41. The van der Waals surface area contributed by atoms with Gasteiger partial charge in [0.2, 0.25) is 0 Å². The summed E-state index contributed by atoms with van der Waals surface area (Å²) in [6.45, 7) is 4.25. The predicted molar refractivity (Wildman–Crippen MR) is 79.3 cm³/mol. The van der Waals surface area contributed by atoms with Crippen molar-refractivity contribution in [2.75, 3.05) is 5.73 Å². The largest absolute Gasteiger partial charge is 0.397 e. The SMILES string of the molecule is CCCCC(CCC)NC(=O)c1cc(N)cnc1Cl. The lowest BCUT2D eigenvalue weighted by Crippen LogP contribution is -2.35. The standard InChI is InChI=1S/C14H22ClN3O/c1-3-5-7-11(6-4-2)18-14(19)12-8-10(16)9-17-13(12)15/h8-9,11H,3-7,16H2,1-2H3,(H,18,19). The Balaban J connectivity index is 2.72. The molecule has 0 aliphatic rings. The molecule has 1 aromatic heterocycles. The fraction of sp³-hybridized carbons (Fsp3) is 0.571. The van der Waals surface area contributed by atoms with Crippen molar-refractivity contribution in [2.24, 2.45) is 0 Å². The number of nitrogens with zero attached hydrogens (tertiary/aromatic N) is 1. The van der Waals surface area contributed by atoms with Crippen LogP contribution in [0.4, 0.5) is 5.69 Å². The van der Waals surface area contributed by atoms with Gasteiger partial charge in [0.25, 0.3) is 5.91 Å². The van der Waals surface area contributed by atoms with Crippen LogP contribution >= 0.6 is 11.6 Å². The van der Waals surface area contributed by atoms with E-state index >= 15 is 0 Å². The highest BCUT2D eigenvalue weighted by Gasteiger charge is 2.16. The molecule has 1 aromatic rings. The van der Waals surface area contributed by atoms with E-state index in [-0.39, 0.29) is 17.1 Å². The van der Waals surface area contributed by atoms with E-state index in [1.54, 1.807) is 6.07 Å². The van der Waals surface area contributed by atoms with E-state index in [2.05, 4.69) is 24.1 Å². The molecule has 0 radical (unpaired) electrons. The molecule has 0 aromatic carbocycles. The first-order valence-corrected chi connectivity index (χ1v) is 7.18. The van der Waals surface area contributed by atoms with Crippen LogP contribution in [0.15, 0.2) is 12.3 Å². The van der Waals surface area contributed by atoms with Crippen molar-refractivity contribution in [1.29, 1.82) is 0 Å². The third kappa shape index (κ3) is 5.07. The zero-order chi connectivity index (χ0) is 14.3. The van der Waals surface area contributed by atoms with Crippen LogP contribution in [0.3, 0.4) is 0 Å². The summed E-state index contributed by atoms with van der Waals surface area (Å²) in [7, 11) is 0. The third-order valence-corrected chi connectivity index (χ3v) is 3.28. The molecule has 19 heavy (non-hydrogen) atoms. The van der Waals surface area contributed by atoms with Gasteiger partial charge in [-0.2, -0.15) is 0 Å². The number of aromatic nitrogens is 1. The fourth-order valence-corrected chi connectivity index (χ4v) is 2.16. The molecule has 0 saturated carbocycles. The quantitative estimate of drug-likeness (QED) is 0.754. The van der Waals surface area contributed by atoms with Crippen molar-refractivity contribution in [3.8, 4) is 0 Å². The molecule has 1 atom stereocenters. The van der Waals surface area contributed by atoms with Gasteiger partial charge in [-0.15, -0.1) is 0 Å². The zero-order valence-corrected chi connectivity index (χ0v) is 12.3. The number of carbonyl (C=O) groups is 1. The highest BCUT2D eigenvalue weighted by Crippen LogP contribution is 2.16. The lowest BCUT2D eigenvalue weighted by atomic mass is 10.0. The number of nitrogens with one attached hydrogen (secondary N) is 1. The minimum Gasteiger partial charge on any atom is -0.397 e. The smallest absolute Gasteiger partial charge is 0.254 e. The van der Waals surface area contributed by atoms with Crippen LogP contribution in [0.25, 0.3) is 0 Å². The number of halogens is 1. The van der Waals surface area contributed by atoms with Gasteiger partial charge in [0.1, 0.15) is 5.15 Å². The van der Waals surface area contributed by atoms with Crippen LogP contribution in [0, 0.1) is 0 Å². The molecular weight excluding hydrogens is 262 g/mol. The van der Waals surface area contributed by atoms with Crippen LogP contribution < -0.4 is 11.1 Å². The summed E-state index contributed by atoms with van der Waals surface area (Å²) in [4.78, 5) is 16.1. The summed E-state index contributed by atoms with van der Waals surface area (Å²) in [5.74, 6) is -0.195. The summed E-state index contributed by atoms with van der Waals surface area (Å²) in [5.41, 5.74) is 6.42. The highest BCUT2D eigenvalue weighted by atomic mass is 35.5. The van der Waals surface area contributed by atoms with E-state index in [0.717, 1.165) is 32.1 Å². The molecule has 1 amide bonds. The Labute approximate surface area is 119 Å². The maximum Gasteiger partial charge on any atom is 0.254 e. The lowest BCUT2D eigenvalue weighted by molar-refractivity contribution is 0.0932. The summed E-state index contributed by atoms with van der Waals surface area (Å²) in [6, 6.07) is 1.75. The molecule has 0 bridgehead atoms. The summed E-state index contributed by atoms with van der Waals surface area (Å²) < 4.78 is 0. The van der Waals surface area contributed by atoms with Gasteiger partial charge in [0.15, 0.2) is 0 Å². The summed E-state index contributed by atoms with van der Waals surface area (Å²) >= 11 is 5.93. The minimum absolute atomic E-state index is 0.190. The zero-order valence-electron chi connectivity index (χ0n) is 11.6. The molecule has 1 unspecified atom stereocenters. The molecule has 4 nitrogen and oxygen atoms in total. The molecule has 1 rings (SSSR count). The number of amides is 1. The van der Waals surface area contributed by atoms with Crippen LogP contribution in [0.2, 0.25) is 5.15 Å². The highest BCUT2D eigenvalue weighted by molar-refractivity contribution is 6.32. The number of nitrogens with two attached hydrogens (primary N) is 1. The van der Waals surface area contributed by atoms with Gasteiger partial charge in [-0.1, -0.05) is 44.7 Å². The van der Waals surface area contributed by atoms with Gasteiger partial charge in [-0.05, 0) is 18.9 Å². The second-order valence-corrected chi connectivity index (χ2v) is 5.07. The molecule has 3 N–H and O–H groups in total. The number of rotatable bonds is 7. The number of anilines is 1. The van der Waals surface area contributed by atoms with Gasteiger partial charge in [0.05, 0.1) is 17.4 Å². The van der Waals surface area contributed by atoms with E-state index < -0.39 is 0 Å².